The van der Waals surface area contributed by atoms with E-state index in [2.05, 4.69) is 13.0 Å². The zero-order chi connectivity index (χ0) is 20.3. The molecule has 0 bridgehead atoms. The molecule has 2 N–H and O–H groups in total. The van der Waals surface area contributed by atoms with Gasteiger partial charge in [-0.05, 0) is 31.0 Å². The predicted molar refractivity (Wildman–Crippen MR) is 102 cm³/mol. The van der Waals surface area contributed by atoms with Crippen molar-refractivity contribution >= 4 is 0 Å². The Hall–Kier alpha value is -3.40. The highest BCUT2D eigenvalue weighted by atomic mass is 16.5. The van der Waals surface area contributed by atoms with Crippen LogP contribution in [0.5, 0.6) is 17.2 Å². The maximum Gasteiger partial charge on any atom is 0.343 e. The fourth-order valence-electron chi connectivity index (χ4n) is 3.16. The number of benzene rings is 1. The van der Waals surface area contributed by atoms with Crippen molar-refractivity contribution in [2.24, 2.45) is 5.73 Å². The molecular formula is C21H22N2O5. The average molecular weight is 382 g/mol. The first-order valence-electron chi connectivity index (χ1n) is 9.03. The van der Waals surface area contributed by atoms with Gasteiger partial charge in [0, 0.05) is 6.07 Å². The number of ether oxygens (including phenoxy) is 3. The van der Waals surface area contributed by atoms with Gasteiger partial charge in [0.15, 0.2) is 11.5 Å². The van der Waals surface area contributed by atoms with Crippen LogP contribution in [0.2, 0.25) is 0 Å². The first-order chi connectivity index (χ1) is 13.5. The zero-order valence-corrected chi connectivity index (χ0v) is 16.1. The molecule has 28 heavy (non-hydrogen) atoms. The van der Waals surface area contributed by atoms with Crippen molar-refractivity contribution in [1.29, 1.82) is 5.26 Å². The highest BCUT2D eigenvalue weighted by Gasteiger charge is 2.34. The summed E-state index contributed by atoms with van der Waals surface area (Å²) in [5.74, 6) is 1.04. The molecule has 7 heteroatoms. The van der Waals surface area contributed by atoms with Crippen LogP contribution in [0.1, 0.15) is 42.6 Å². The lowest BCUT2D eigenvalue weighted by Gasteiger charge is -2.25. The number of unbranched alkanes of at least 4 members (excludes halogenated alkanes) is 1. The monoisotopic (exact) mass is 382 g/mol. The molecule has 1 aliphatic rings. The molecule has 0 spiro atoms. The number of allylic oxidation sites excluding steroid dienone is 1. The predicted octanol–water partition coefficient (Wildman–Crippen LogP) is 3.35. The standard InChI is InChI=1S/C21H22N2O5/c1-4-5-8-26-15-7-6-13(10-16(15)25-3)18-14(11-22)20(23)28-17-9-12(2)27-21(24)19(17)18/h6-7,9-10,18H,4-5,8,23H2,1-3H3. The largest absolute Gasteiger partial charge is 0.493 e. The van der Waals surface area contributed by atoms with E-state index in [0.717, 1.165) is 12.8 Å². The third-order valence-electron chi connectivity index (χ3n) is 4.53. The maximum absolute atomic E-state index is 12.6. The van der Waals surface area contributed by atoms with E-state index in [4.69, 9.17) is 24.4 Å². The Morgan fingerprint density at radius 2 is 2.07 bits per heavy atom. The molecule has 2 heterocycles. The van der Waals surface area contributed by atoms with Gasteiger partial charge < -0.3 is 24.4 Å². The Kier molecular flexibility index (Phi) is 5.59. The van der Waals surface area contributed by atoms with Gasteiger partial charge in [0.1, 0.15) is 23.2 Å². The summed E-state index contributed by atoms with van der Waals surface area (Å²) in [5.41, 5.74) is 6.42. The van der Waals surface area contributed by atoms with Crippen molar-refractivity contribution in [3.63, 3.8) is 0 Å². The lowest BCUT2D eigenvalue weighted by Crippen LogP contribution is -2.26. The van der Waals surface area contributed by atoms with E-state index in [9.17, 15) is 10.1 Å². The Balaban J connectivity index is 2.12. The van der Waals surface area contributed by atoms with Crippen LogP contribution in [0.25, 0.3) is 0 Å². The Morgan fingerprint density at radius 3 is 2.75 bits per heavy atom. The summed E-state index contributed by atoms with van der Waals surface area (Å²) in [7, 11) is 1.54. The van der Waals surface area contributed by atoms with Crippen molar-refractivity contribution in [1.82, 2.24) is 0 Å². The second kappa shape index (κ2) is 8.09. The lowest BCUT2D eigenvalue weighted by molar-refractivity contribution is 0.288. The number of nitrogens with two attached hydrogens (primary N) is 1. The number of methoxy groups -OCH3 is 1. The summed E-state index contributed by atoms with van der Waals surface area (Å²) in [6.07, 6.45) is 1.94. The highest BCUT2D eigenvalue weighted by molar-refractivity contribution is 5.57. The summed E-state index contributed by atoms with van der Waals surface area (Å²) in [6, 6.07) is 8.93. The number of rotatable bonds is 6. The van der Waals surface area contributed by atoms with E-state index < -0.39 is 11.5 Å². The van der Waals surface area contributed by atoms with Crippen molar-refractivity contribution < 1.29 is 18.6 Å². The molecule has 7 nitrogen and oxygen atoms in total. The van der Waals surface area contributed by atoms with E-state index in [1.54, 1.807) is 31.2 Å². The third kappa shape index (κ3) is 3.54. The summed E-state index contributed by atoms with van der Waals surface area (Å²) < 4.78 is 22.0. The second-order valence-electron chi connectivity index (χ2n) is 6.46. The molecule has 0 fully saturated rings. The zero-order valence-electron chi connectivity index (χ0n) is 16.1. The lowest BCUT2D eigenvalue weighted by atomic mass is 9.84. The molecule has 1 aromatic heterocycles. The van der Waals surface area contributed by atoms with Crippen LogP contribution in [0.3, 0.4) is 0 Å². The Labute approximate surface area is 162 Å². The SMILES string of the molecule is CCCCOc1ccc(C2C(C#N)=C(N)Oc3cc(C)oc(=O)c32)cc1OC. The summed E-state index contributed by atoms with van der Waals surface area (Å²) in [5, 5.41) is 9.63. The molecule has 1 aromatic carbocycles. The Morgan fingerprint density at radius 1 is 1.29 bits per heavy atom. The van der Waals surface area contributed by atoms with Gasteiger partial charge in [0.2, 0.25) is 5.88 Å². The number of nitriles is 1. The van der Waals surface area contributed by atoms with Gasteiger partial charge in [-0.1, -0.05) is 19.4 Å². The van der Waals surface area contributed by atoms with E-state index in [1.807, 2.05) is 0 Å². The van der Waals surface area contributed by atoms with Gasteiger partial charge in [-0.2, -0.15) is 5.26 Å². The normalized spacial score (nSPS) is 15.4. The van der Waals surface area contributed by atoms with E-state index >= 15 is 0 Å². The average Bonchev–Trinajstić information content (AvgIpc) is 2.67. The van der Waals surface area contributed by atoms with Crippen molar-refractivity contribution in [3.8, 4) is 23.3 Å². The highest BCUT2D eigenvalue weighted by Crippen LogP contribution is 2.42. The van der Waals surface area contributed by atoms with Crippen LogP contribution in [0, 0.1) is 18.3 Å². The molecule has 0 aliphatic carbocycles. The Bertz CT molecular complexity index is 1020. The fourth-order valence-corrected chi connectivity index (χ4v) is 3.16. The number of nitrogens with zero attached hydrogens (tertiary/aromatic N) is 1. The van der Waals surface area contributed by atoms with Crippen LogP contribution in [-0.2, 0) is 0 Å². The van der Waals surface area contributed by atoms with Crippen LogP contribution in [-0.4, -0.2) is 13.7 Å². The van der Waals surface area contributed by atoms with Crippen LogP contribution < -0.4 is 25.6 Å². The van der Waals surface area contributed by atoms with Crippen molar-refractivity contribution in [3.05, 3.63) is 63.0 Å². The quantitative estimate of drug-likeness (QED) is 0.763. The fraction of sp³-hybridized carbons (Fsp3) is 0.333. The molecule has 0 saturated carbocycles. The van der Waals surface area contributed by atoms with Crippen molar-refractivity contribution in [2.45, 2.75) is 32.6 Å². The number of hydrogen-bond donors (Lipinski definition) is 1. The minimum absolute atomic E-state index is 0.0350. The molecule has 1 atom stereocenters. The van der Waals surface area contributed by atoms with Gasteiger partial charge in [0.25, 0.3) is 0 Å². The third-order valence-corrected chi connectivity index (χ3v) is 4.53. The molecule has 3 rings (SSSR count). The van der Waals surface area contributed by atoms with Gasteiger partial charge in [-0.25, -0.2) is 4.79 Å². The van der Waals surface area contributed by atoms with E-state index in [-0.39, 0.29) is 22.8 Å². The molecule has 0 amide bonds. The summed E-state index contributed by atoms with van der Waals surface area (Å²) in [4.78, 5) is 12.6. The minimum Gasteiger partial charge on any atom is -0.493 e. The summed E-state index contributed by atoms with van der Waals surface area (Å²) in [6.45, 7) is 4.30. The molecule has 0 radical (unpaired) electrons. The molecule has 146 valence electrons. The first kappa shape index (κ1) is 19.4. The van der Waals surface area contributed by atoms with Gasteiger partial charge in [-0.15, -0.1) is 0 Å². The second-order valence-corrected chi connectivity index (χ2v) is 6.46. The molecule has 1 aliphatic heterocycles. The number of hydrogen-bond acceptors (Lipinski definition) is 7. The smallest absolute Gasteiger partial charge is 0.343 e. The topological polar surface area (TPSA) is 108 Å². The maximum atomic E-state index is 12.6. The van der Waals surface area contributed by atoms with Crippen LogP contribution in [0.4, 0.5) is 0 Å². The number of fused-ring (bicyclic) bond motifs is 1. The molecular weight excluding hydrogens is 360 g/mol. The van der Waals surface area contributed by atoms with E-state index in [1.165, 1.54) is 7.11 Å². The van der Waals surface area contributed by atoms with E-state index in [0.29, 0.717) is 29.4 Å². The molecule has 0 saturated heterocycles. The molecule has 1 unspecified atom stereocenters. The van der Waals surface area contributed by atoms with Gasteiger partial charge in [0.05, 0.1) is 25.2 Å². The van der Waals surface area contributed by atoms with Gasteiger partial charge >= 0.3 is 5.63 Å². The van der Waals surface area contributed by atoms with Crippen molar-refractivity contribution in [2.75, 3.05) is 13.7 Å². The molecule has 2 aromatic rings. The number of aryl methyl sites for hydroxylation is 1. The van der Waals surface area contributed by atoms with Crippen LogP contribution >= 0.6 is 0 Å². The first-order valence-corrected chi connectivity index (χ1v) is 9.03. The summed E-state index contributed by atoms with van der Waals surface area (Å²) >= 11 is 0. The van der Waals surface area contributed by atoms with Crippen LogP contribution in [0.15, 0.2) is 44.9 Å². The minimum atomic E-state index is -0.718. The van der Waals surface area contributed by atoms with Gasteiger partial charge in [-0.3, -0.25) is 0 Å².